The van der Waals surface area contributed by atoms with Gasteiger partial charge in [0, 0.05) is 13.2 Å². The predicted molar refractivity (Wildman–Crippen MR) is 76.4 cm³/mol. The van der Waals surface area contributed by atoms with Crippen LogP contribution >= 0.6 is 7.60 Å². The van der Waals surface area contributed by atoms with Gasteiger partial charge in [-0.05, 0) is 34.6 Å². The topological polar surface area (TPSA) is 63.2 Å². The Morgan fingerprint density at radius 2 is 1.38 bits per heavy atom. The highest BCUT2D eigenvalue weighted by molar-refractivity contribution is 7.54. The van der Waals surface area contributed by atoms with Gasteiger partial charge in [0.15, 0.2) is 0 Å². The van der Waals surface area contributed by atoms with Crippen LogP contribution in [0.15, 0.2) is 0 Å². The van der Waals surface area contributed by atoms with Gasteiger partial charge in [-0.25, -0.2) is 8.78 Å². The van der Waals surface area contributed by atoms with Gasteiger partial charge in [0.05, 0.1) is 13.2 Å². The van der Waals surface area contributed by atoms with Gasteiger partial charge in [-0.1, -0.05) is 0 Å². The molecular formula is C11H25F2O6PSi. The van der Waals surface area contributed by atoms with Crippen LogP contribution in [0.1, 0.15) is 34.6 Å². The van der Waals surface area contributed by atoms with E-state index in [0.717, 1.165) is 0 Å². The van der Waals surface area contributed by atoms with Crippen LogP contribution in [0.2, 0.25) is 0 Å². The van der Waals surface area contributed by atoms with Crippen molar-refractivity contribution in [3.8, 4) is 0 Å². The molecule has 0 fully saturated rings. The van der Waals surface area contributed by atoms with E-state index in [1.807, 2.05) is 0 Å². The molecule has 0 saturated heterocycles. The third-order valence-corrected chi connectivity index (χ3v) is 7.39. The summed E-state index contributed by atoms with van der Waals surface area (Å²) in [7, 11) is -7.94. The maximum Gasteiger partial charge on any atom is 0.572 e. The van der Waals surface area contributed by atoms with E-state index in [2.05, 4.69) is 0 Å². The average Bonchev–Trinajstić information content (AvgIpc) is 2.39. The summed E-state index contributed by atoms with van der Waals surface area (Å²) in [6.07, 6.45) is 0. The molecule has 0 aromatic carbocycles. The van der Waals surface area contributed by atoms with E-state index in [1.165, 1.54) is 6.92 Å². The molecule has 0 aromatic heterocycles. The van der Waals surface area contributed by atoms with Gasteiger partial charge in [0.1, 0.15) is 5.85 Å². The molecule has 0 bridgehead atoms. The van der Waals surface area contributed by atoms with E-state index in [-0.39, 0.29) is 26.4 Å². The summed E-state index contributed by atoms with van der Waals surface area (Å²) in [5.41, 5.74) is 0. The van der Waals surface area contributed by atoms with E-state index in [1.54, 1.807) is 27.7 Å². The lowest BCUT2D eigenvalue weighted by atomic mass is 10.9. The zero-order chi connectivity index (χ0) is 16.5. The molecule has 21 heavy (non-hydrogen) atoms. The van der Waals surface area contributed by atoms with Gasteiger partial charge < -0.3 is 22.3 Å². The van der Waals surface area contributed by atoms with Crippen molar-refractivity contribution in [2.24, 2.45) is 0 Å². The summed E-state index contributed by atoms with van der Waals surface area (Å²) in [6, 6.07) is -2.95. The number of halogens is 2. The quantitative estimate of drug-likeness (QED) is 0.397. The third-order valence-electron chi connectivity index (χ3n) is 2.36. The van der Waals surface area contributed by atoms with E-state index in [0.29, 0.717) is 0 Å². The van der Waals surface area contributed by atoms with Gasteiger partial charge in [-0.2, -0.15) is 0 Å². The second kappa shape index (κ2) is 9.99. The van der Waals surface area contributed by atoms with E-state index < -0.39 is 28.3 Å². The van der Waals surface area contributed by atoms with Crippen LogP contribution in [0.5, 0.6) is 0 Å². The molecule has 0 aromatic rings. The Kier molecular flexibility index (Phi) is 10.0. The molecule has 1 unspecified atom stereocenters. The Morgan fingerprint density at radius 3 is 1.67 bits per heavy atom. The largest absolute Gasteiger partial charge is 0.572 e. The Labute approximate surface area is 126 Å². The molecule has 0 N–H and O–H groups in total. The highest BCUT2D eigenvalue weighted by atomic mass is 31.2. The number of rotatable bonds is 12. The molecule has 6 nitrogen and oxygen atoms in total. The second-order valence-electron chi connectivity index (χ2n) is 3.86. The molecule has 0 rings (SSSR count). The Balaban J connectivity index is 5.24. The highest BCUT2D eigenvalue weighted by Crippen LogP contribution is 2.54. The molecule has 128 valence electrons. The summed E-state index contributed by atoms with van der Waals surface area (Å²) >= 11 is 0. The van der Waals surface area contributed by atoms with Crippen LogP contribution in [0.4, 0.5) is 8.78 Å². The lowest BCUT2D eigenvalue weighted by Crippen LogP contribution is -2.54. The smallest absolute Gasteiger partial charge is 0.370 e. The monoisotopic (exact) mass is 350 g/mol. The summed E-state index contributed by atoms with van der Waals surface area (Å²) in [6.45, 7) is 7.93. The first-order chi connectivity index (χ1) is 9.81. The standard InChI is InChI=1S/C11H25F2O6PSi/c1-6-15-20(14,16-7-2)10(5)19-21(11(12)13,17-8-3)18-9-4/h10-11H,6-9H2,1-5H3. The summed E-state index contributed by atoms with van der Waals surface area (Å²) < 4.78 is 64.8. The summed E-state index contributed by atoms with van der Waals surface area (Å²) in [5, 5.41) is 0. The van der Waals surface area contributed by atoms with Crippen molar-refractivity contribution >= 4 is 16.4 Å². The van der Waals surface area contributed by atoms with Gasteiger partial charge in [-0.15, -0.1) is 0 Å². The van der Waals surface area contributed by atoms with E-state index in [4.69, 9.17) is 22.3 Å². The van der Waals surface area contributed by atoms with Crippen molar-refractivity contribution in [1.29, 1.82) is 0 Å². The zero-order valence-corrected chi connectivity index (χ0v) is 15.0. The maximum absolute atomic E-state index is 13.4. The first-order valence-electron chi connectivity index (χ1n) is 6.94. The van der Waals surface area contributed by atoms with Crippen molar-refractivity contribution in [3.05, 3.63) is 0 Å². The van der Waals surface area contributed by atoms with E-state index in [9.17, 15) is 13.3 Å². The molecule has 10 heteroatoms. The normalized spacial score (nSPS) is 14.7. The van der Waals surface area contributed by atoms with Crippen LogP contribution in [-0.2, 0) is 26.9 Å². The number of hydrogen-bond acceptors (Lipinski definition) is 6. The molecule has 0 aliphatic heterocycles. The molecule has 0 aliphatic rings. The fraction of sp³-hybridized carbons (Fsp3) is 1.00. The Hall–Kier alpha value is 0.107. The van der Waals surface area contributed by atoms with Gasteiger partial charge >= 0.3 is 22.4 Å². The van der Waals surface area contributed by atoms with Gasteiger partial charge in [-0.3, -0.25) is 4.57 Å². The SMILES string of the molecule is CCO[Si](OCC)(OC(C)P(=O)(OCC)OCC)C(F)F. The molecule has 0 spiro atoms. The van der Waals surface area contributed by atoms with Gasteiger partial charge in [0.25, 0.3) is 0 Å². The highest BCUT2D eigenvalue weighted by Gasteiger charge is 2.55. The molecule has 0 amide bonds. The molecule has 0 radical (unpaired) electrons. The van der Waals surface area contributed by atoms with Crippen LogP contribution in [0.3, 0.4) is 0 Å². The van der Waals surface area contributed by atoms with Gasteiger partial charge in [0.2, 0.25) is 0 Å². The van der Waals surface area contributed by atoms with Crippen LogP contribution in [-0.4, -0.2) is 47.1 Å². The molecule has 0 saturated carbocycles. The summed E-state index contributed by atoms with van der Waals surface area (Å²) in [4.78, 5) is 0. The lowest BCUT2D eigenvalue weighted by molar-refractivity contribution is -0.00306. The molecule has 0 aliphatic carbocycles. The Bertz CT molecular complexity index is 318. The minimum atomic E-state index is -4.27. The fourth-order valence-electron chi connectivity index (χ4n) is 1.60. The molecular weight excluding hydrogens is 325 g/mol. The third kappa shape index (κ3) is 6.01. The molecule has 0 heterocycles. The first-order valence-corrected chi connectivity index (χ1v) is 10.4. The minimum absolute atomic E-state index is 0.00312. The van der Waals surface area contributed by atoms with Crippen molar-refractivity contribution in [2.45, 2.75) is 46.5 Å². The summed E-state index contributed by atoms with van der Waals surface area (Å²) in [5.74, 6) is -1.21. The Morgan fingerprint density at radius 1 is 0.952 bits per heavy atom. The average molecular weight is 350 g/mol. The van der Waals surface area contributed by atoms with Crippen molar-refractivity contribution in [2.75, 3.05) is 26.4 Å². The number of alkyl halides is 2. The maximum atomic E-state index is 13.4. The molecule has 1 atom stereocenters. The predicted octanol–water partition coefficient (Wildman–Crippen LogP) is 3.43. The second-order valence-corrected chi connectivity index (χ2v) is 8.64. The van der Waals surface area contributed by atoms with Crippen LogP contribution < -0.4 is 0 Å². The lowest BCUT2D eigenvalue weighted by Gasteiger charge is -2.32. The van der Waals surface area contributed by atoms with Crippen molar-refractivity contribution in [1.82, 2.24) is 0 Å². The van der Waals surface area contributed by atoms with Crippen LogP contribution in [0.25, 0.3) is 0 Å². The van der Waals surface area contributed by atoms with Crippen LogP contribution in [0, 0.1) is 0 Å². The fourth-order valence-corrected chi connectivity index (χ4v) is 5.62. The minimum Gasteiger partial charge on any atom is -0.370 e. The number of hydrogen-bond donors (Lipinski definition) is 0. The van der Waals surface area contributed by atoms with E-state index >= 15 is 0 Å². The van der Waals surface area contributed by atoms with Crippen molar-refractivity contribution < 1.29 is 35.7 Å². The zero-order valence-electron chi connectivity index (χ0n) is 13.1. The first kappa shape index (κ1) is 21.1. The van der Waals surface area contributed by atoms with Crippen molar-refractivity contribution in [3.63, 3.8) is 0 Å².